The molecular weight excluding hydrogens is 230 g/mol. The minimum absolute atomic E-state index is 0.0877. The minimum atomic E-state index is -0.819. The summed E-state index contributed by atoms with van der Waals surface area (Å²) in [5.74, 6) is -0.819. The van der Waals surface area contributed by atoms with Crippen molar-refractivity contribution in [2.45, 2.75) is 18.9 Å². The predicted molar refractivity (Wildman–Crippen MR) is 67.4 cm³/mol. The van der Waals surface area contributed by atoms with Crippen LogP contribution in [0.5, 0.6) is 0 Å². The van der Waals surface area contributed by atoms with Crippen molar-refractivity contribution in [1.82, 2.24) is 9.55 Å². The second-order valence-corrected chi connectivity index (χ2v) is 4.10. The molecule has 0 saturated carbocycles. The summed E-state index contributed by atoms with van der Waals surface area (Å²) in [6.45, 7) is 0. The van der Waals surface area contributed by atoms with Gasteiger partial charge in [-0.25, -0.2) is 4.98 Å². The fourth-order valence-electron chi connectivity index (χ4n) is 1.75. The SMILES string of the molecule is NC(CCC(=O)O)c1ccc(-n2ccnc2)cc1. The van der Waals surface area contributed by atoms with Crippen LogP contribution in [0.4, 0.5) is 0 Å². The Morgan fingerprint density at radius 3 is 2.67 bits per heavy atom. The van der Waals surface area contributed by atoms with Crippen molar-refractivity contribution < 1.29 is 9.90 Å². The molecular formula is C13H15N3O2. The molecule has 0 radical (unpaired) electrons. The molecule has 0 aliphatic carbocycles. The standard InChI is InChI=1S/C13H15N3O2/c14-12(5-6-13(17)18)10-1-3-11(4-2-10)16-8-7-15-9-16/h1-4,7-9,12H,5-6,14H2,(H,17,18). The number of aromatic nitrogens is 2. The van der Waals surface area contributed by atoms with E-state index in [4.69, 9.17) is 10.8 Å². The van der Waals surface area contributed by atoms with Crippen LogP contribution in [0, 0.1) is 0 Å². The molecule has 1 unspecified atom stereocenters. The number of carboxylic acid groups (broad SMARTS) is 1. The lowest BCUT2D eigenvalue weighted by Gasteiger charge is -2.11. The third-order valence-electron chi connectivity index (χ3n) is 2.79. The lowest BCUT2D eigenvalue weighted by atomic mass is 10.0. The Labute approximate surface area is 105 Å². The van der Waals surface area contributed by atoms with Crippen LogP contribution < -0.4 is 5.73 Å². The van der Waals surface area contributed by atoms with E-state index in [0.717, 1.165) is 11.3 Å². The molecule has 0 saturated heterocycles. The van der Waals surface area contributed by atoms with Crippen molar-refractivity contribution in [2.75, 3.05) is 0 Å². The lowest BCUT2D eigenvalue weighted by molar-refractivity contribution is -0.137. The number of aliphatic carboxylic acids is 1. The highest BCUT2D eigenvalue weighted by Crippen LogP contribution is 2.17. The van der Waals surface area contributed by atoms with Crippen molar-refractivity contribution in [1.29, 1.82) is 0 Å². The van der Waals surface area contributed by atoms with Gasteiger partial charge in [-0.2, -0.15) is 0 Å². The van der Waals surface area contributed by atoms with Gasteiger partial charge in [0.25, 0.3) is 0 Å². The van der Waals surface area contributed by atoms with Crippen molar-refractivity contribution in [3.05, 3.63) is 48.5 Å². The second kappa shape index (κ2) is 5.46. The van der Waals surface area contributed by atoms with E-state index in [1.54, 1.807) is 12.5 Å². The van der Waals surface area contributed by atoms with Gasteiger partial charge in [-0.1, -0.05) is 12.1 Å². The Hall–Kier alpha value is -2.14. The molecule has 18 heavy (non-hydrogen) atoms. The number of imidazole rings is 1. The zero-order valence-corrected chi connectivity index (χ0v) is 9.86. The van der Waals surface area contributed by atoms with Gasteiger partial charge in [-0.3, -0.25) is 4.79 Å². The topological polar surface area (TPSA) is 81.1 Å². The van der Waals surface area contributed by atoms with Gasteiger partial charge in [0.05, 0.1) is 6.33 Å². The van der Waals surface area contributed by atoms with Crippen LogP contribution in [0.15, 0.2) is 43.0 Å². The number of carboxylic acids is 1. The number of nitrogens with zero attached hydrogens (tertiary/aromatic N) is 2. The maximum Gasteiger partial charge on any atom is 0.303 e. The first-order chi connectivity index (χ1) is 8.66. The monoisotopic (exact) mass is 245 g/mol. The molecule has 1 heterocycles. The molecule has 2 aromatic rings. The number of rotatable bonds is 5. The van der Waals surface area contributed by atoms with E-state index >= 15 is 0 Å². The smallest absolute Gasteiger partial charge is 0.303 e. The van der Waals surface area contributed by atoms with E-state index in [2.05, 4.69) is 4.98 Å². The number of hydrogen-bond acceptors (Lipinski definition) is 3. The van der Waals surface area contributed by atoms with E-state index < -0.39 is 5.97 Å². The van der Waals surface area contributed by atoms with Crippen LogP contribution in [-0.2, 0) is 4.79 Å². The van der Waals surface area contributed by atoms with Gasteiger partial charge in [-0.05, 0) is 24.1 Å². The summed E-state index contributed by atoms with van der Waals surface area (Å²) in [5, 5.41) is 8.61. The van der Waals surface area contributed by atoms with E-state index in [0.29, 0.717) is 6.42 Å². The first-order valence-corrected chi connectivity index (χ1v) is 5.72. The highest BCUT2D eigenvalue weighted by Gasteiger charge is 2.08. The number of carbonyl (C=O) groups is 1. The summed E-state index contributed by atoms with van der Waals surface area (Å²) in [5.41, 5.74) is 7.88. The van der Waals surface area contributed by atoms with Gasteiger partial charge in [0.2, 0.25) is 0 Å². The number of hydrogen-bond donors (Lipinski definition) is 2. The Morgan fingerprint density at radius 2 is 2.11 bits per heavy atom. The molecule has 94 valence electrons. The number of nitrogens with two attached hydrogens (primary N) is 1. The van der Waals surface area contributed by atoms with E-state index in [1.807, 2.05) is 35.0 Å². The quantitative estimate of drug-likeness (QED) is 0.840. The highest BCUT2D eigenvalue weighted by atomic mass is 16.4. The summed E-state index contributed by atoms with van der Waals surface area (Å²) in [4.78, 5) is 14.5. The van der Waals surface area contributed by atoms with Crippen molar-refractivity contribution in [3.63, 3.8) is 0 Å². The van der Waals surface area contributed by atoms with Crippen molar-refractivity contribution in [2.24, 2.45) is 5.73 Å². The molecule has 0 fully saturated rings. The Morgan fingerprint density at radius 1 is 1.39 bits per heavy atom. The average Bonchev–Trinajstić information content (AvgIpc) is 2.90. The zero-order chi connectivity index (χ0) is 13.0. The van der Waals surface area contributed by atoms with Crippen LogP contribution in [0.2, 0.25) is 0 Å². The van der Waals surface area contributed by atoms with Crippen molar-refractivity contribution in [3.8, 4) is 5.69 Å². The summed E-state index contributed by atoms with van der Waals surface area (Å²) in [6, 6.07) is 7.48. The Balaban J connectivity index is 2.05. The summed E-state index contributed by atoms with van der Waals surface area (Å²) >= 11 is 0. The first kappa shape index (κ1) is 12.3. The molecule has 3 N–H and O–H groups in total. The van der Waals surface area contributed by atoms with E-state index in [1.165, 1.54) is 0 Å². The normalized spacial score (nSPS) is 12.3. The minimum Gasteiger partial charge on any atom is -0.481 e. The predicted octanol–water partition coefficient (Wildman–Crippen LogP) is 1.74. The molecule has 0 spiro atoms. The van der Waals surface area contributed by atoms with Crippen LogP contribution >= 0.6 is 0 Å². The molecule has 0 aliphatic rings. The van der Waals surface area contributed by atoms with Gasteiger partial charge >= 0.3 is 5.97 Å². The molecule has 1 aromatic carbocycles. The van der Waals surface area contributed by atoms with Crippen LogP contribution in [-0.4, -0.2) is 20.6 Å². The summed E-state index contributed by atoms with van der Waals surface area (Å²) in [7, 11) is 0. The first-order valence-electron chi connectivity index (χ1n) is 5.72. The lowest BCUT2D eigenvalue weighted by Crippen LogP contribution is -2.12. The average molecular weight is 245 g/mol. The molecule has 0 aliphatic heterocycles. The van der Waals surface area contributed by atoms with Gasteiger partial charge in [0.1, 0.15) is 0 Å². The maximum absolute atomic E-state index is 10.5. The third-order valence-corrected chi connectivity index (χ3v) is 2.79. The molecule has 2 rings (SSSR count). The van der Waals surface area contributed by atoms with Crippen LogP contribution in [0.3, 0.4) is 0 Å². The van der Waals surface area contributed by atoms with Crippen LogP contribution in [0.25, 0.3) is 5.69 Å². The summed E-state index contributed by atoms with van der Waals surface area (Å²) in [6.07, 6.45) is 5.83. The summed E-state index contributed by atoms with van der Waals surface area (Å²) < 4.78 is 1.90. The Bertz CT molecular complexity index is 506. The molecule has 0 bridgehead atoms. The zero-order valence-electron chi connectivity index (χ0n) is 9.86. The van der Waals surface area contributed by atoms with E-state index in [-0.39, 0.29) is 12.5 Å². The van der Waals surface area contributed by atoms with Crippen molar-refractivity contribution >= 4 is 5.97 Å². The fourth-order valence-corrected chi connectivity index (χ4v) is 1.75. The maximum atomic E-state index is 10.5. The fraction of sp³-hybridized carbons (Fsp3) is 0.231. The molecule has 5 heteroatoms. The molecule has 0 amide bonds. The third kappa shape index (κ3) is 2.95. The number of benzene rings is 1. The molecule has 5 nitrogen and oxygen atoms in total. The highest BCUT2D eigenvalue weighted by molar-refractivity contribution is 5.66. The molecule has 1 atom stereocenters. The van der Waals surface area contributed by atoms with Gasteiger partial charge in [-0.15, -0.1) is 0 Å². The van der Waals surface area contributed by atoms with Gasteiger partial charge in [0.15, 0.2) is 0 Å². The largest absolute Gasteiger partial charge is 0.481 e. The Kier molecular flexibility index (Phi) is 3.74. The second-order valence-electron chi connectivity index (χ2n) is 4.10. The van der Waals surface area contributed by atoms with E-state index in [9.17, 15) is 4.79 Å². The molecule has 1 aromatic heterocycles. The van der Waals surface area contributed by atoms with Crippen LogP contribution in [0.1, 0.15) is 24.4 Å². The van der Waals surface area contributed by atoms with Gasteiger partial charge in [0, 0.05) is 30.5 Å². The van der Waals surface area contributed by atoms with Gasteiger partial charge < -0.3 is 15.4 Å².